The van der Waals surface area contributed by atoms with Crippen LogP contribution in [0.15, 0.2) is 70.2 Å². The molecule has 2 aromatic rings. The third-order valence-corrected chi connectivity index (χ3v) is 7.33. The number of amides is 1. The summed E-state index contributed by atoms with van der Waals surface area (Å²) in [6, 6.07) is 14.4. The predicted molar refractivity (Wildman–Crippen MR) is 150 cm³/mol. The normalized spacial score (nSPS) is 17.3. The van der Waals surface area contributed by atoms with Crippen molar-refractivity contribution in [2.24, 2.45) is 4.99 Å². The van der Waals surface area contributed by atoms with Crippen LogP contribution >= 0.6 is 11.8 Å². The summed E-state index contributed by atoms with van der Waals surface area (Å²) in [5, 5.41) is 5.62. The van der Waals surface area contributed by atoms with Gasteiger partial charge in [0.2, 0.25) is 5.91 Å². The van der Waals surface area contributed by atoms with E-state index in [1.54, 1.807) is 27.2 Å². The summed E-state index contributed by atoms with van der Waals surface area (Å²) in [5.74, 6) is 0.608. The molecule has 2 aliphatic rings. The molecule has 0 spiro atoms. The van der Waals surface area contributed by atoms with Crippen molar-refractivity contribution in [3.05, 3.63) is 76.3 Å². The van der Waals surface area contributed by atoms with Crippen LogP contribution in [0.5, 0.6) is 11.5 Å². The van der Waals surface area contributed by atoms with Crippen molar-refractivity contribution in [3.63, 3.8) is 0 Å². The van der Waals surface area contributed by atoms with Gasteiger partial charge in [-0.3, -0.25) is 4.79 Å². The van der Waals surface area contributed by atoms with Crippen LogP contribution in [0.1, 0.15) is 50.8 Å². The van der Waals surface area contributed by atoms with Crippen molar-refractivity contribution < 1.29 is 23.8 Å². The molecule has 2 atom stereocenters. The standard InChI is InChI=1S/C29H33N3O5S/c1-6-18(3)30-24(33)15-20-17-38-29-31-26(19-11-9-8-10-12-19)25(28(34)37-7-2)27(32(20)29)22-16-21(35-4)13-14-23(22)36-5/h8-14,16-18,27H,6-7,15H2,1-5H3,(H,30,33). The lowest BCUT2D eigenvalue weighted by molar-refractivity contribution is -0.139. The van der Waals surface area contributed by atoms with Gasteiger partial charge in [0, 0.05) is 22.9 Å². The molecular formula is C29H33N3O5S. The molecule has 2 unspecified atom stereocenters. The summed E-state index contributed by atoms with van der Waals surface area (Å²) in [4.78, 5) is 33.5. The first kappa shape index (κ1) is 27.3. The van der Waals surface area contributed by atoms with Gasteiger partial charge in [0.1, 0.15) is 11.5 Å². The average molecular weight is 536 g/mol. The van der Waals surface area contributed by atoms with Crippen molar-refractivity contribution in [2.75, 3.05) is 20.8 Å². The van der Waals surface area contributed by atoms with Gasteiger partial charge in [0.05, 0.1) is 44.6 Å². The van der Waals surface area contributed by atoms with Gasteiger partial charge in [-0.1, -0.05) is 49.0 Å². The van der Waals surface area contributed by atoms with Gasteiger partial charge in [-0.15, -0.1) is 0 Å². The monoisotopic (exact) mass is 535 g/mol. The first-order valence-corrected chi connectivity index (χ1v) is 13.5. The van der Waals surface area contributed by atoms with E-state index in [4.69, 9.17) is 19.2 Å². The van der Waals surface area contributed by atoms with Gasteiger partial charge in [0.15, 0.2) is 5.17 Å². The number of nitrogens with one attached hydrogen (secondary N) is 1. The first-order valence-electron chi connectivity index (χ1n) is 12.6. The number of hydrogen-bond donors (Lipinski definition) is 1. The number of ether oxygens (including phenoxy) is 3. The van der Waals surface area contributed by atoms with Gasteiger partial charge in [-0.2, -0.15) is 0 Å². The molecule has 0 radical (unpaired) electrons. The Labute approximate surface area is 227 Å². The number of benzene rings is 2. The molecule has 0 saturated carbocycles. The first-order chi connectivity index (χ1) is 18.4. The Balaban J connectivity index is 1.92. The molecule has 2 aliphatic heterocycles. The van der Waals surface area contributed by atoms with Crippen LogP contribution in [-0.4, -0.2) is 48.8 Å². The summed E-state index contributed by atoms with van der Waals surface area (Å²) in [5.41, 5.74) is 3.11. The van der Waals surface area contributed by atoms with Gasteiger partial charge < -0.3 is 24.4 Å². The number of methoxy groups -OCH3 is 2. The molecule has 0 aromatic heterocycles. The molecule has 9 heteroatoms. The number of carbonyl (C=O) groups is 2. The minimum Gasteiger partial charge on any atom is -0.497 e. The van der Waals surface area contributed by atoms with Crippen molar-refractivity contribution in [1.29, 1.82) is 0 Å². The zero-order valence-electron chi connectivity index (χ0n) is 22.3. The van der Waals surface area contributed by atoms with Gasteiger partial charge in [-0.05, 0) is 43.9 Å². The Kier molecular flexibility index (Phi) is 8.78. The summed E-state index contributed by atoms with van der Waals surface area (Å²) < 4.78 is 16.9. The molecular weight excluding hydrogens is 502 g/mol. The number of nitrogens with zero attached hydrogens (tertiary/aromatic N) is 2. The summed E-state index contributed by atoms with van der Waals surface area (Å²) in [6.07, 6.45) is 0.964. The molecule has 200 valence electrons. The molecule has 4 rings (SSSR count). The molecule has 1 amide bonds. The quantitative estimate of drug-likeness (QED) is 0.414. The molecule has 1 N–H and O–H groups in total. The summed E-state index contributed by atoms with van der Waals surface area (Å²) >= 11 is 1.42. The van der Waals surface area contributed by atoms with Crippen LogP contribution in [0, 0.1) is 0 Å². The van der Waals surface area contributed by atoms with E-state index in [9.17, 15) is 9.59 Å². The van der Waals surface area contributed by atoms with E-state index in [1.165, 1.54) is 11.8 Å². The number of fused-ring (bicyclic) bond motifs is 1. The van der Waals surface area contributed by atoms with Crippen LogP contribution in [-0.2, 0) is 14.3 Å². The van der Waals surface area contributed by atoms with Crippen molar-refractivity contribution >= 4 is 34.5 Å². The molecule has 38 heavy (non-hydrogen) atoms. The molecule has 0 aliphatic carbocycles. The Morgan fingerprint density at radius 2 is 1.87 bits per heavy atom. The maximum absolute atomic E-state index is 13.7. The number of rotatable bonds is 10. The fourth-order valence-corrected chi connectivity index (χ4v) is 5.35. The van der Waals surface area contributed by atoms with Gasteiger partial charge in [0.25, 0.3) is 0 Å². The Morgan fingerprint density at radius 1 is 1.11 bits per heavy atom. The largest absolute Gasteiger partial charge is 0.497 e. The second-order valence-corrected chi connectivity index (χ2v) is 9.74. The molecule has 0 fully saturated rings. The lowest BCUT2D eigenvalue weighted by Crippen LogP contribution is -2.39. The van der Waals surface area contributed by atoms with Crippen LogP contribution in [0.3, 0.4) is 0 Å². The number of aliphatic imine (C=N–C) groups is 1. The Hall–Kier alpha value is -3.72. The number of thioether (sulfide) groups is 1. The zero-order valence-corrected chi connectivity index (χ0v) is 23.1. The van der Waals surface area contributed by atoms with E-state index in [0.717, 1.165) is 17.7 Å². The number of carbonyl (C=O) groups excluding carboxylic acids is 2. The van der Waals surface area contributed by atoms with Crippen LogP contribution in [0.4, 0.5) is 0 Å². The topological polar surface area (TPSA) is 89.5 Å². The van der Waals surface area contributed by atoms with Gasteiger partial charge >= 0.3 is 5.97 Å². The van der Waals surface area contributed by atoms with E-state index in [1.807, 2.05) is 66.6 Å². The third-order valence-electron chi connectivity index (χ3n) is 6.45. The lowest BCUT2D eigenvalue weighted by Gasteiger charge is -2.37. The van der Waals surface area contributed by atoms with Crippen molar-refractivity contribution in [1.82, 2.24) is 10.2 Å². The Bertz CT molecular complexity index is 1290. The SMILES string of the molecule is CCOC(=O)C1=C(c2ccccc2)N=C2SC=C(CC(=O)NC(C)CC)N2C1c1cc(OC)ccc1OC. The van der Waals surface area contributed by atoms with Crippen LogP contribution in [0.2, 0.25) is 0 Å². The minimum absolute atomic E-state index is 0.0561. The Morgan fingerprint density at radius 3 is 2.53 bits per heavy atom. The highest BCUT2D eigenvalue weighted by molar-refractivity contribution is 8.16. The predicted octanol–water partition coefficient (Wildman–Crippen LogP) is 5.28. The highest BCUT2D eigenvalue weighted by atomic mass is 32.2. The molecule has 0 saturated heterocycles. The van der Waals surface area contributed by atoms with Gasteiger partial charge in [-0.25, -0.2) is 9.79 Å². The fraction of sp³-hybridized carbons (Fsp3) is 0.345. The van der Waals surface area contributed by atoms with Crippen LogP contribution in [0.25, 0.3) is 5.70 Å². The number of esters is 1. The van der Waals surface area contributed by atoms with Crippen molar-refractivity contribution in [2.45, 2.75) is 45.7 Å². The second-order valence-electron chi connectivity index (χ2n) is 8.90. The van der Waals surface area contributed by atoms with E-state index in [2.05, 4.69) is 5.32 Å². The average Bonchev–Trinajstić information content (AvgIpc) is 3.34. The van der Waals surface area contributed by atoms with E-state index in [-0.39, 0.29) is 25.0 Å². The minimum atomic E-state index is -0.667. The molecule has 0 bridgehead atoms. The number of amidine groups is 1. The lowest BCUT2D eigenvalue weighted by atomic mass is 9.90. The highest BCUT2D eigenvalue weighted by Gasteiger charge is 2.43. The smallest absolute Gasteiger partial charge is 0.338 e. The van der Waals surface area contributed by atoms with E-state index < -0.39 is 12.0 Å². The molecule has 2 heterocycles. The molecule has 8 nitrogen and oxygen atoms in total. The fourth-order valence-electron chi connectivity index (χ4n) is 4.43. The highest BCUT2D eigenvalue weighted by Crippen LogP contribution is 2.49. The van der Waals surface area contributed by atoms with E-state index in [0.29, 0.717) is 33.5 Å². The van der Waals surface area contributed by atoms with E-state index >= 15 is 0 Å². The second kappa shape index (κ2) is 12.2. The third kappa shape index (κ3) is 5.57. The molecule has 2 aromatic carbocycles. The number of hydrogen-bond acceptors (Lipinski definition) is 8. The zero-order chi connectivity index (χ0) is 27.2. The van der Waals surface area contributed by atoms with Crippen molar-refractivity contribution in [3.8, 4) is 11.5 Å². The van der Waals surface area contributed by atoms with Crippen LogP contribution < -0.4 is 14.8 Å². The maximum Gasteiger partial charge on any atom is 0.338 e. The summed E-state index contributed by atoms with van der Waals surface area (Å²) in [6.45, 7) is 5.98. The summed E-state index contributed by atoms with van der Waals surface area (Å²) in [7, 11) is 3.18. The maximum atomic E-state index is 13.7.